The number of anilines is 1. The number of aryl methyl sites for hydroxylation is 1. The highest BCUT2D eigenvalue weighted by molar-refractivity contribution is 5.98. The lowest BCUT2D eigenvalue weighted by atomic mass is 10.1. The summed E-state index contributed by atoms with van der Waals surface area (Å²) in [4.78, 5) is 35.3. The van der Waals surface area contributed by atoms with Crippen molar-refractivity contribution in [3.8, 4) is 0 Å². The number of benzene rings is 1. The lowest BCUT2D eigenvalue weighted by Gasteiger charge is -2.16. The van der Waals surface area contributed by atoms with Crippen molar-refractivity contribution in [3.05, 3.63) is 63.4 Å². The van der Waals surface area contributed by atoms with E-state index in [-0.39, 0.29) is 18.2 Å². The van der Waals surface area contributed by atoms with Gasteiger partial charge in [0.2, 0.25) is 11.8 Å². The third kappa shape index (κ3) is 4.79. The van der Waals surface area contributed by atoms with Crippen LogP contribution >= 0.6 is 0 Å². The summed E-state index contributed by atoms with van der Waals surface area (Å²) < 4.78 is 4.92. The largest absolute Gasteiger partial charge is 0.433 e. The number of furan rings is 1. The van der Waals surface area contributed by atoms with Gasteiger partial charge in [0.15, 0.2) is 0 Å². The highest BCUT2D eigenvalue weighted by Gasteiger charge is 2.13. The number of carbonyl (C=O) groups is 2. The molecule has 0 saturated carbocycles. The number of nitrogens with one attached hydrogen (secondary N) is 1. The summed E-state index contributed by atoms with van der Waals surface area (Å²) in [6.45, 7) is 3.73. The molecule has 0 bridgehead atoms. The second-order valence-corrected chi connectivity index (χ2v) is 5.76. The Bertz CT molecular complexity index is 869. The Morgan fingerprint density at radius 3 is 2.65 bits per heavy atom. The Balaban J connectivity index is 1.93. The van der Waals surface area contributed by atoms with Crippen LogP contribution in [-0.2, 0) is 9.59 Å². The molecule has 1 N–H and O–H groups in total. The fourth-order valence-electron chi connectivity index (χ4n) is 2.18. The number of nitro groups is 1. The molecule has 136 valence electrons. The van der Waals surface area contributed by atoms with E-state index in [1.807, 2.05) is 26.0 Å². The number of hydrogen-bond donors (Lipinski definition) is 1. The van der Waals surface area contributed by atoms with Crippen molar-refractivity contribution < 1.29 is 18.9 Å². The fourth-order valence-corrected chi connectivity index (χ4v) is 2.18. The van der Waals surface area contributed by atoms with Crippen LogP contribution in [0.4, 0.5) is 11.6 Å². The maximum atomic E-state index is 12.1. The molecular weight excluding hydrogens is 338 g/mol. The second-order valence-electron chi connectivity index (χ2n) is 5.76. The molecule has 2 amide bonds. The van der Waals surface area contributed by atoms with Crippen molar-refractivity contribution in [3.63, 3.8) is 0 Å². The Kier molecular flexibility index (Phi) is 5.90. The average Bonchev–Trinajstić information content (AvgIpc) is 3.06. The van der Waals surface area contributed by atoms with Gasteiger partial charge in [0.1, 0.15) is 10.7 Å². The highest BCUT2D eigenvalue weighted by atomic mass is 16.6. The van der Waals surface area contributed by atoms with Gasteiger partial charge in [-0.2, -0.15) is 0 Å². The Labute approximate surface area is 150 Å². The van der Waals surface area contributed by atoms with E-state index in [1.54, 1.807) is 6.07 Å². The van der Waals surface area contributed by atoms with Gasteiger partial charge in [-0.1, -0.05) is 12.1 Å². The molecule has 8 heteroatoms. The molecule has 0 aliphatic heterocycles. The summed E-state index contributed by atoms with van der Waals surface area (Å²) in [6, 6.07) is 8.18. The molecule has 0 aliphatic rings. The van der Waals surface area contributed by atoms with Crippen LogP contribution in [0.2, 0.25) is 0 Å². The number of nitrogens with zero attached hydrogens (tertiary/aromatic N) is 2. The Morgan fingerprint density at radius 2 is 2.00 bits per heavy atom. The molecule has 0 aliphatic carbocycles. The monoisotopic (exact) mass is 357 g/mol. The maximum absolute atomic E-state index is 12.1. The minimum absolute atomic E-state index is 0.130. The van der Waals surface area contributed by atoms with Gasteiger partial charge in [-0.25, -0.2) is 0 Å². The van der Waals surface area contributed by atoms with Crippen LogP contribution in [0, 0.1) is 24.0 Å². The molecule has 2 rings (SSSR count). The van der Waals surface area contributed by atoms with E-state index in [0.29, 0.717) is 5.69 Å². The molecule has 0 fully saturated rings. The van der Waals surface area contributed by atoms with Crippen molar-refractivity contribution in [2.75, 3.05) is 18.9 Å². The zero-order valence-corrected chi connectivity index (χ0v) is 14.7. The summed E-state index contributed by atoms with van der Waals surface area (Å²) in [7, 11) is 1.49. The minimum atomic E-state index is -0.664. The smallest absolute Gasteiger partial charge is 0.401 e. The molecule has 0 unspecified atom stereocenters. The van der Waals surface area contributed by atoms with Crippen LogP contribution in [0.1, 0.15) is 16.9 Å². The van der Waals surface area contributed by atoms with Gasteiger partial charge >= 0.3 is 5.88 Å². The number of carbonyl (C=O) groups excluding carboxylic acids is 2. The summed E-state index contributed by atoms with van der Waals surface area (Å²) in [5.41, 5.74) is 2.73. The topological polar surface area (TPSA) is 106 Å². The zero-order valence-electron chi connectivity index (χ0n) is 14.7. The Hall–Kier alpha value is -3.42. The summed E-state index contributed by atoms with van der Waals surface area (Å²) >= 11 is 0. The van der Waals surface area contributed by atoms with Crippen LogP contribution in [0.25, 0.3) is 6.08 Å². The molecule has 2 aromatic rings. The first kappa shape index (κ1) is 18.9. The summed E-state index contributed by atoms with van der Waals surface area (Å²) in [5.74, 6) is -0.978. The lowest BCUT2D eigenvalue weighted by molar-refractivity contribution is -0.402. The van der Waals surface area contributed by atoms with Gasteiger partial charge in [0, 0.05) is 18.8 Å². The van der Waals surface area contributed by atoms with Crippen molar-refractivity contribution in [2.45, 2.75) is 13.8 Å². The molecule has 0 saturated heterocycles. The third-order valence-electron chi connectivity index (χ3n) is 3.82. The maximum Gasteiger partial charge on any atom is 0.433 e. The van der Waals surface area contributed by atoms with Gasteiger partial charge in [0.05, 0.1) is 12.6 Å². The van der Waals surface area contributed by atoms with Crippen molar-refractivity contribution >= 4 is 29.5 Å². The quantitative estimate of drug-likeness (QED) is 0.486. The normalized spacial score (nSPS) is 10.7. The lowest BCUT2D eigenvalue weighted by Crippen LogP contribution is -2.34. The predicted molar refractivity (Wildman–Crippen MR) is 96.6 cm³/mol. The van der Waals surface area contributed by atoms with Crippen molar-refractivity contribution in [1.82, 2.24) is 4.90 Å². The summed E-state index contributed by atoms with van der Waals surface area (Å²) in [5, 5.41) is 13.3. The van der Waals surface area contributed by atoms with Gasteiger partial charge < -0.3 is 14.6 Å². The molecule has 0 spiro atoms. The molecule has 26 heavy (non-hydrogen) atoms. The molecule has 8 nitrogen and oxygen atoms in total. The first-order chi connectivity index (χ1) is 12.3. The van der Waals surface area contributed by atoms with Gasteiger partial charge in [0.25, 0.3) is 0 Å². The van der Waals surface area contributed by atoms with E-state index in [4.69, 9.17) is 4.42 Å². The van der Waals surface area contributed by atoms with Crippen LogP contribution in [0.15, 0.2) is 40.8 Å². The highest BCUT2D eigenvalue weighted by Crippen LogP contribution is 2.18. The van der Waals surface area contributed by atoms with Gasteiger partial charge in [-0.15, -0.1) is 0 Å². The minimum Gasteiger partial charge on any atom is -0.401 e. The number of amides is 2. The van der Waals surface area contributed by atoms with E-state index < -0.39 is 16.7 Å². The van der Waals surface area contributed by atoms with E-state index in [2.05, 4.69) is 5.32 Å². The van der Waals surface area contributed by atoms with E-state index >= 15 is 0 Å². The number of hydrogen-bond acceptors (Lipinski definition) is 5. The molecule has 0 atom stereocenters. The number of rotatable bonds is 6. The Morgan fingerprint density at radius 1 is 1.27 bits per heavy atom. The second kappa shape index (κ2) is 8.11. The van der Waals surface area contributed by atoms with Crippen molar-refractivity contribution in [2.24, 2.45) is 0 Å². The van der Waals surface area contributed by atoms with E-state index in [1.165, 1.54) is 36.2 Å². The molecular formula is C18H19N3O5. The van der Waals surface area contributed by atoms with Crippen molar-refractivity contribution in [1.29, 1.82) is 0 Å². The van der Waals surface area contributed by atoms with E-state index in [0.717, 1.165) is 11.1 Å². The van der Waals surface area contributed by atoms with Gasteiger partial charge in [-0.3, -0.25) is 19.7 Å². The average molecular weight is 357 g/mol. The van der Waals surface area contributed by atoms with Crippen LogP contribution in [0.5, 0.6) is 0 Å². The van der Waals surface area contributed by atoms with Crippen LogP contribution in [0.3, 0.4) is 0 Å². The molecule has 0 radical (unpaired) electrons. The number of likely N-dealkylation sites (N-methyl/N-ethyl adjacent to an activating group) is 1. The first-order valence-corrected chi connectivity index (χ1v) is 7.81. The van der Waals surface area contributed by atoms with Gasteiger partial charge in [-0.05, 0) is 43.2 Å². The van der Waals surface area contributed by atoms with E-state index in [9.17, 15) is 19.7 Å². The predicted octanol–water partition coefficient (Wildman–Crippen LogP) is 2.91. The van der Waals surface area contributed by atoms with Crippen LogP contribution in [-0.4, -0.2) is 35.2 Å². The molecule has 1 aromatic carbocycles. The summed E-state index contributed by atoms with van der Waals surface area (Å²) in [6.07, 6.45) is 2.50. The standard InChI is InChI=1S/C18H19N3O5/c1-12-5-4-6-15(13(12)2)19-16(22)11-20(3)17(23)9-7-14-8-10-18(26-14)21(24)25/h4-10H,11H2,1-3H3,(H,19,22)/b9-7+. The van der Waals surface area contributed by atoms with Crippen LogP contribution < -0.4 is 5.32 Å². The first-order valence-electron chi connectivity index (χ1n) is 7.81. The molecule has 1 aromatic heterocycles. The zero-order chi connectivity index (χ0) is 19.3. The third-order valence-corrected chi connectivity index (χ3v) is 3.82. The SMILES string of the molecule is Cc1cccc(NC(=O)CN(C)C(=O)/C=C/c2ccc([N+](=O)[O-])o2)c1C. The molecule has 1 heterocycles. The fraction of sp³-hybridized carbons (Fsp3) is 0.222.